The summed E-state index contributed by atoms with van der Waals surface area (Å²) in [5.74, 6) is 0.508. The van der Waals surface area contributed by atoms with Gasteiger partial charge >= 0.3 is 0 Å². The van der Waals surface area contributed by atoms with Crippen molar-refractivity contribution in [3.63, 3.8) is 0 Å². The fourth-order valence-electron chi connectivity index (χ4n) is 5.47. The van der Waals surface area contributed by atoms with Crippen molar-refractivity contribution in [3.8, 4) is 23.3 Å². The van der Waals surface area contributed by atoms with Crippen molar-refractivity contribution >= 4 is 43.1 Å². The molecule has 0 bridgehead atoms. The molecule has 160 valence electrons. The van der Waals surface area contributed by atoms with Crippen LogP contribution in [0.4, 0.5) is 0 Å². The highest BCUT2D eigenvalue weighted by Gasteiger charge is 2.20. The molecular formula is C32H22N2. The monoisotopic (exact) mass is 434 g/mol. The second-order valence-electron chi connectivity index (χ2n) is 9.12. The Bertz CT molecular complexity index is 1810. The topological polar surface area (TPSA) is 47.6 Å². The molecule has 2 nitrogen and oxygen atoms in total. The Morgan fingerprint density at radius 3 is 2.06 bits per heavy atom. The summed E-state index contributed by atoms with van der Waals surface area (Å²) in [4.78, 5) is 0. The van der Waals surface area contributed by atoms with Crippen LogP contribution in [0.15, 0.2) is 78.9 Å². The fourth-order valence-corrected chi connectivity index (χ4v) is 5.47. The van der Waals surface area contributed by atoms with Crippen LogP contribution in [0.25, 0.3) is 54.2 Å². The molecule has 34 heavy (non-hydrogen) atoms. The van der Waals surface area contributed by atoms with Gasteiger partial charge in [-0.1, -0.05) is 80.6 Å². The molecule has 0 saturated heterocycles. The summed E-state index contributed by atoms with van der Waals surface area (Å²) in [6.07, 6.45) is 1.10. The molecule has 0 aliphatic heterocycles. The molecule has 6 rings (SSSR count). The van der Waals surface area contributed by atoms with E-state index in [0.29, 0.717) is 17.0 Å². The summed E-state index contributed by atoms with van der Waals surface area (Å²) in [5, 5.41) is 28.6. The number of rotatable bonds is 3. The first-order chi connectivity index (χ1) is 16.7. The van der Waals surface area contributed by atoms with Gasteiger partial charge in [0.1, 0.15) is 6.07 Å². The minimum absolute atomic E-state index is 0.508. The SMILES string of the molecule is CCC(C)c1ccc(-c2cc3cccc4c5c(C#N)ccc6cccc(c(c2C#N)c34)c65)cc1. The van der Waals surface area contributed by atoms with E-state index >= 15 is 0 Å². The molecule has 2 heteroatoms. The molecule has 0 fully saturated rings. The molecule has 0 radical (unpaired) electrons. The van der Waals surface area contributed by atoms with E-state index in [-0.39, 0.29) is 0 Å². The van der Waals surface area contributed by atoms with Crippen LogP contribution in [0.3, 0.4) is 0 Å². The second-order valence-corrected chi connectivity index (χ2v) is 9.12. The highest BCUT2D eigenvalue weighted by Crippen LogP contribution is 2.45. The maximum absolute atomic E-state index is 10.4. The number of hydrogen-bond donors (Lipinski definition) is 0. The first-order valence-corrected chi connectivity index (χ1v) is 11.7. The Labute approximate surface area is 198 Å². The molecule has 1 atom stereocenters. The summed E-state index contributed by atoms with van der Waals surface area (Å²) < 4.78 is 0. The van der Waals surface area contributed by atoms with Crippen molar-refractivity contribution < 1.29 is 0 Å². The van der Waals surface area contributed by atoms with Crippen LogP contribution < -0.4 is 0 Å². The van der Waals surface area contributed by atoms with Crippen LogP contribution in [0.2, 0.25) is 0 Å². The zero-order chi connectivity index (χ0) is 23.4. The van der Waals surface area contributed by atoms with Gasteiger partial charge in [0.25, 0.3) is 0 Å². The predicted octanol–water partition coefficient (Wildman–Crippen LogP) is 8.66. The van der Waals surface area contributed by atoms with Crippen molar-refractivity contribution in [3.05, 3.63) is 95.6 Å². The van der Waals surface area contributed by atoms with Gasteiger partial charge in [-0.15, -0.1) is 0 Å². The third-order valence-corrected chi connectivity index (χ3v) is 7.39. The smallest absolute Gasteiger partial charge is 0.100 e. The third-order valence-electron chi connectivity index (χ3n) is 7.39. The molecule has 0 amide bonds. The Hall–Kier alpha value is -4.40. The van der Waals surface area contributed by atoms with E-state index in [4.69, 9.17) is 0 Å². The summed E-state index contributed by atoms with van der Waals surface area (Å²) in [5.41, 5.74) is 4.68. The Morgan fingerprint density at radius 1 is 0.706 bits per heavy atom. The van der Waals surface area contributed by atoms with Crippen LogP contribution in [-0.2, 0) is 0 Å². The Balaban J connectivity index is 1.81. The lowest BCUT2D eigenvalue weighted by atomic mass is 9.83. The quantitative estimate of drug-likeness (QED) is 0.207. The number of hydrogen-bond acceptors (Lipinski definition) is 2. The van der Waals surface area contributed by atoms with Crippen molar-refractivity contribution in [1.29, 1.82) is 10.5 Å². The summed E-state index contributed by atoms with van der Waals surface area (Å²) in [6.45, 7) is 4.44. The van der Waals surface area contributed by atoms with Gasteiger partial charge in [0, 0.05) is 16.3 Å². The lowest BCUT2D eigenvalue weighted by molar-refractivity contribution is 0.734. The van der Waals surface area contributed by atoms with Crippen LogP contribution >= 0.6 is 0 Å². The second kappa shape index (κ2) is 7.58. The summed E-state index contributed by atoms with van der Waals surface area (Å²) >= 11 is 0. The Morgan fingerprint density at radius 2 is 1.38 bits per heavy atom. The van der Waals surface area contributed by atoms with E-state index in [1.165, 1.54) is 5.56 Å². The number of nitriles is 2. The van der Waals surface area contributed by atoms with Crippen LogP contribution in [0.1, 0.15) is 42.9 Å². The average Bonchev–Trinajstić information content (AvgIpc) is 2.90. The van der Waals surface area contributed by atoms with Gasteiger partial charge in [-0.05, 0) is 67.9 Å². The lowest BCUT2D eigenvalue weighted by Crippen LogP contribution is -1.95. The number of fused-ring (bicyclic) bond motifs is 2. The normalized spacial score (nSPS) is 12.4. The molecule has 0 spiro atoms. The van der Waals surface area contributed by atoms with Crippen molar-refractivity contribution in [1.82, 2.24) is 0 Å². The van der Waals surface area contributed by atoms with Crippen LogP contribution in [0.5, 0.6) is 0 Å². The van der Waals surface area contributed by atoms with Gasteiger partial charge in [-0.25, -0.2) is 0 Å². The third kappa shape index (κ3) is 2.73. The van der Waals surface area contributed by atoms with Gasteiger partial charge in [0.15, 0.2) is 0 Å². The molecule has 0 N–H and O–H groups in total. The predicted molar refractivity (Wildman–Crippen MR) is 141 cm³/mol. The minimum atomic E-state index is 0.508. The van der Waals surface area contributed by atoms with E-state index in [0.717, 1.165) is 60.6 Å². The first-order valence-electron chi connectivity index (χ1n) is 11.7. The highest BCUT2D eigenvalue weighted by molar-refractivity contribution is 6.35. The minimum Gasteiger partial charge on any atom is -0.192 e. The largest absolute Gasteiger partial charge is 0.192 e. The maximum atomic E-state index is 10.4. The molecule has 0 aliphatic rings. The van der Waals surface area contributed by atoms with E-state index in [1.807, 2.05) is 18.2 Å². The van der Waals surface area contributed by atoms with E-state index < -0.39 is 0 Å². The fraction of sp³-hybridized carbons (Fsp3) is 0.125. The molecular weight excluding hydrogens is 412 g/mol. The van der Waals surface area contributed by atoms with Gasteiger partial charge in [-0.3, -0.25) is 0 Å². The van der Waals surface area contributed by atoms with Gasteiger partial charge in [0.2, 0.25) is 0 Å². The molecule has 6 aromatic rings. The summed E-state index contributed by atoms with van der Waals surface area (Å²) in [6, 6.07) is 32.1. The summed E-state index contributed by atoms with van der Waals surface area (Å²) in [7, 11) is 0. The zero-order valence-electron chi connectivity index (χ0n) is 19.2. The molecule has 0 aromatic heterocycles. The van der Waals surface area contributed by atoms with Crippen molar-refractivity contribution in [2.24, 2.45) is 0 Å². The van der Waals surface area contributed by atoms with E-state index in [1.54, 1.807) is 0 Å². The molecule has 0 saturated carbocycles. The van der Waals surface area contributed by atoms with E-state index in [9.17, 15) is 10.5 Å². The standard InChI is InChI=1S/C32H22N2/c1-3-19(2)20-10-12-21(13-11-20)27-16-23-7-5-8-25-30(23)32(28(27)18-34)26-9-4-6-22-14-15-24(17-33)31(25)29(22)26/h4-16,19H,3H2,1-2H3. The van der Waals surface area contributed by atoms with Crippen LogP contribution in [0, 0.1) is 22.7 Å². The van der Waals surface area contributed by atoms with Gasteiger partial charge < -0.3 is 0 Å². The Kier molecular flexibility index (Phi) is 4.51. The molecule has 0 heterocycles. The highest BCUT2D eigenvalue weighted by atomic mass is 14.3. The number of benzene rings is 6. The average molecular weight is 435 g/mol. The first kappa shape index (κ1) is 20.2. The zero-order valence-corrected chi connectivity index (χ0v) is 19.2. The van der Waals surface area contributed by atoms with Crippen LogP contribution in [-0.4, -0.2) is 0 Å². The maximum Gasteiger partial charge on any atom is 0.100 e. The molecule has 1 unspecified atom stereocenters. The molecule has 0 aliphatic carbocycles. The number of nitrogens with zero attached hydrogens (tertiary/aromatic N) is 2. The van der Waals surface area contributed by atoms with Gasteiger partial charge in [0.05, 0.1) is 17.2 Å². The van der Waals surface area contributed by atoms with Crippen molar-refractivity contribution in [2.45, 2.75) is 26.2 Å². The van der Waals surface area contributed by atoms with Gasteiger partial charge in [-0.2, -0.15) is 10.5 Å². The van der Waals surface area contributed by atoms with E-state index in [2.05, 4.69) is 86.6 Å². The van der Waals surface area contributed by atoms with Crippen molar-refractivity contribution in [2.75, 3.05) is 0 Å². The lowest BCUT2D eigenvalue weighted by Gasteiger charge is -2.18. The molecule has 6 aromatic carbocycles.